The second-order valence-corrected chi connectivity index (χ2v) is 5.76. The average Bonchev–Trinajstić information content (AvgIpc) is 3.24. The minimum Gasteiger partial charge on any atom is -0.463 e. The van der Waals surface area contributed by atoms with Gasteiger partial charge in [0.2, 0.25) is 0 Å². The molecule has 7 nitrogen and oxygen atoms in total. The van der Waals surface area contributed by atoms with Crippen LogP contribution in [0.1, 0.15) is 28.8 Å². The van der Waals surface area contributed by atoms with Gasteiger partial charge in [0, 0.05) is 5.56 Å². The summed E-state index contributed by atoms with van der Waals surface area (Å²) in [5, 5.41) is 17.2. The zero-order chi connectivity index (χ0) is 17.2. The number of aromatic nitrogens is 3. The molecule has 0 radical (unpaired) electrons. The van der Waals surface area contributed by atoms with Crippen molar-refractivity contribution in [2.45, 2.75) is 19.4 Å². The summed E-state index contributed by atoms with van der Waals surface area (Å²) in [5.41, 5.74) is -0.0871. The fourth-order valence-electron chi connectivity index (χ4n) is 2.30. The normalized spacial score (nSPS) is 13.5. The molecule has 1 unspecified atom stereocenters. The Labute approximate surface area is 138 Å². The van der Waals surface area contributed by atoms with Crippen LogP contribution >= 0.6 is 0 Å². The topological polar surface area (TPSA) is 93.2 Å². The van der Waals surface area contributed by atoms with Crippen molar-refractivity contribution in [1.82, 2.24) is 20.1 Å². The maximum absolute atomic E-state index is 12.4. The van der Waals surface area contributed by atoms with E-state index in [4.69, 9.17) is 4.42 Å². The van der Waals surface area contributed by atoms with Gasteiger partial charge in [-0.25, -0.2) is 9.67 Å². The zero-order valence-corrected chi connectivity index (χ0v) is 13.4. The van der Waals surface area contributed by atoms with Crippen molar-refractivity contribution >= 4 is 5.91 Å². The summed E-state index contributed by atoms with van der Waals surface area (Å²) >= 11 is 0. The number of nitrogens with one attached hydrogen (secondary N) is 1. The van der Waals surface area contributed by atoms with Crippen molar-refractivity contribution < 1.29 is 14.3 Å². The lowest BCUT2D eigenvalue weighted by molar-refractivity contribution is 0.0323. The minimum absolute atomic E-state index is 0.0341. The van der Waals surface area contributed by atoms with Gasteiger partial charge in [-0.2, -0.15) is 5.10 Å². The number of amides is 1. The highest BCUT2D eigenvalue weighted by atomic mass is 16.4. The smallest absolute Gasteiger partial charge is 0.251 e. The Balaban J connectivity index is 1.70. The van der Waals surface area contributed by atoms with Gasteiger partial charge in [-0.05, 0) is 44.2 Å². The first-order valence-electron chi connectivity index (χ1n) is 7.48. The molecule has 0 bridgehead atoms. The second-order valence-electron chi connectivity index (χ2n) is 5.76. The van der Waals surface area contributed by atoms with E-state index in [9.17, 15) is 9.90 Å². The number of aliphatic hydroxyl groups is 1. The molecule has 0 aliphatic heterocycles. The highest BCUT2D eigenvalue weighted by Crippen LogP contribution is 2.22. The first-order chi connectivity index (χ1) is 11.5. The predicted molar refractivity (Wildman–Crippen MR) is 86.7 cm³/mol. The summed E-state index contributed by atoms with van der Waals surface area (Å²) in [6.07, 6.45) is 2.98. The fourth-order valence-corrected chi connectivity index (χ4v) is 2.30. The molecule has 3 aromatic rings. The van der Waals surface area contributed by atoms with Gasteiger partial charge in [-0.15, -0.1) is 0 Å². The van der Waals surface area contributed by atoms with Crippen LogP contribution < -0.4 is 5.32 Å². The molecule has 0 saturated carbocycles. The van der Waals surface area contributed by atoms with Gasteiger partial charge in [0.25, 0.3) is 5.91 Å². The van der Waals surface area contributed by atoms with Crippen molar-refractivity contribution in [3.63, 3.8) is 0 Å². The average molecular weight is 326 g/mol. The molecular formula is C17H18N4O3. The number of aryl methyl sites for hydroxylation is 1. The molecule has 7 heteroatoms. The Hall–Kier alpha value is -2.93. The molecule has 1 amide bonds. The largest absolute Gasteiger partial charge is 0.463 e. The summed E-state index contributed by atoms with van der Waals surface area (Å²) in [6.45, 7) is 3.43. The lowest BCUT2D eigenvalue weighted by atomic mass is 10.0. The fraction of sp³-hybridized carbons (Fsp3) is 0.235. The number of carbonyl (C=O) groups excluding carboxylic acids is 1. The Kier molecular flexibility index (Phi) is 4.18. The highest BCUT2D eigenvalue weighted by Gasteiger charge is 2.27. The molecule has 0 fully saturated rings. The lowest BCUT2D eigenvalue weighted by Gasteiger charge is -2.21. The Bertz CT molecular complexity index is 837. The van der Waals surface area contributed by atoms with E-state index in [-0.39, 0.29) is 12.5 Å². The van der Waals surface area contributed by atoms with E-state index in [0.717, 1.165) is 5.69 Å². The molecule has 0 aliphatic rings. The van der Waals surface area contributed by atoms with Crippen LogP contribution in [0.15, 0.2) is 53.5 Å². The van der Waals surface area contributed by atoms with Crippen LogP contribution in [-0.2, 0) is 5.60 Å². The molecular weight excluding hydrogens is 308 g/mol. The molecule has 0 saturated heterocycles. The Morgan fingerprint density at radius 3 is 2.88 bits per heavy atom. The van der Waals surface area contributed by atoms with Crippen molar-refractivity contribution in [2.75, 3.05) is 6.54 Å². The number of rotatable bonds is 5. The third kappa shape index (κ3) is 3.36. The quantitative estimate of drug-likeness (QED) is 0.746. The Morgan fingerprint density at radius 1 is 1.38 bits per heavy atom. The van der Waals surface area contributed by atoms with Crippen LogP contribution in [0.5, 0.6) is 0 Å². The molecule has 1 atom stereocenters. The van der Waals surface area contributed by atoms with Gasteiger partial charge >= 0.3 is 0 Å². The van der Waals surface area contributed by atoms with Gasteiger partial charge in [0.15, 0.2) is 0 Å². The third-order valence-electron chi connectivity index (χ3n) is 3.66. The van der Waals surface area contributed by atoms with Crippen molar-refractivity contribution in [3.05, 3.63) is 66.1 Å². The maximum Gasteiger partial charge on any atom is 0.251 e. The number of hydrogen-bond donors (Lipinski definition) is 2. The molecule has 1 aromatic carbocycles. The first kappa shape index (κ1) is 15.9. The van der Waals surface area contributed by atoms with Gasteiger partial charge < -0.3 is 14.8 Å². The molecule has 2 aromatic heterocycles. The van der Waals surface area contributed by atoms with E-state index in [1.807, 2.05) is 6.07 Å². The van der Waals surface area contributed by atoms with E-state index in [1.165, 1.54) is 6.33 Å². The summed E-state index contributed by atoms with van der Waals surface area (Å²) in [6, 6.07) is 10.5. The van der Waals surface area contributed by atoms with Crippen molar-refractivity contribution in [3.8, 4) is 5.69 Å². The van der Waals surface area contributed by atoms with Gasteiger partial charge in [0.05, 0.1) is 12.2 Å². The minimum atomic E-state index is -1.28. The van der Waals surface area contributed by atoms with Crippen LogP contribution in [0.4, 0.5) is 0 Å². The maximum atomic E-state index is 12.4. The third-order valence-corrected chi connectivity index (χ3v) is 3.66. The first-order valence-corrected chi connectivity index (χ1v) is 7.48. The van der Waals surface area contributed by atoms with E-state index in [0.29, 0.717) is 17.1 Å². The van der Waals surface area contributed by atoms with Crippen molar-refractivity contribution in [2.24, 2.45) is 0 Å². The molecule has 2 N–H and O–H groups in total. The molecule has 124 valence electrons. The van der Waals surface area contributed by atoms with Gasteiger partial charge in [0.1, 0.15) is 29.8 Å². The summed E-state index contributed by atoms with van der Waals surface area (Å²) < 4.78 is 7.00. The van der Waals surface area contributed by atoms with E-state index in [2.05, 4.69) is 15.4 Å². The van der Waals surface area contributed by atoms with Crippen LogP contribution in [0.25, 0.3) is 5.69 Å². The molecule has 2 heterocycles. The monoisotopic (exact) mass is 326 g/mol. The van der Waals surface area contributed by atoms with Crippen LogP contribution in [0.2, 0.25) is 0 Å². The zero-order valence-electron chi connectivity index (χ0n) is 13.4. The summed E-state index contributed by atoms with van der Waals surface area (Å²) in [5.74, 6) is 0.828. The number of benzene rings is 1. The number of carbonyl (C=O) groups is 1. The van der Waals surface area contributed by atoms with Gasteiger partial charge in [-0.1, -0.05) is 6.07 Å². The molecule has 0 aliphatic carbocycles. The van der Waals surface area contributed by atoms with E-state index in [1.54, 1.807) is 55.2 Å². The number of furan rings is 1. The van der Waals surface area contributed by atoms with Crippen LogP contribution in [0, 0.1) is 6.92 Å². The lowest BCUT2D eigenvalue weighted by Crippen LogP contribution is -2.38. The predicted octanol–water partition coefficient (Wildman–Crippen LogP) is 1.81. The molecule has 3 rings (SSSR count). The van der Waals surface area contributed by atoms with E-state index >= 15 is 0 Å². The van der Waals surface area contributed by atoms with E-state index < -0.39 is 5.60 Å². The highest BCUT2D eigenvalue weighted by molar-refractivity contribution is 5.94. The standard InChI is InChI=1S/C17H18N4O3/c1-12-6-7-15(24-12)17(2,23)9-19-16(22)13-4-3-5-14(8-13)21-11-18-10-20-21/h3-8,10-11,23H,9H2,1-2H3,(H,19,22). The molecule has 0 spiro atoms. The molecule has 24 heavy (non-hydrogen) atoms. The summed E-state index contributed by atoms with van der Waals surface area (Å²) in [7, 11) is 0. The SMILES string of the molecule is Cc1ccc(C(C)(O)CNC(=O)c2cccc(-n3cncn3)c2)o1. The second kappa shape index (κ2) is 6.29. The van der Waals surface area contributed by atoms with Crippen molar-refractivity contribution in [1.29, 1.82) is 0 Å². The van der Waals surface area contributed by atoms with Gasteiger partial charge in [-0.3, -0.25) is 4.79 Å². The Morgan fingerprint density at radius 2 is 2.21 bits per heavy atom. The summed E-state index contributed by atoms with van der Waals surface area (Å²) in [4.78, 5) is 16.2. The van der Waals surface area contributed by atoms with Crippen LogP contribution in [0.3, 0.4) is 0 Å². The number of nitrogens with zero attached hydrogens (tertiary/aromatic N) is 3. The van der Waals surface area contributed by atoms with Crippen LogP contribution in [-0.4, -0.2) is 32.3 Å². The number of hydrogen-bond acceptors (Lipinski definition) is 5.